The van der Waals surface area contributed by atoms with E-state index < -0.39 is 0 Å². The summed E-state index contributed by atoms with van der Waals surface area (Å²) in [7, 11) is 1.63. The Morgan fingerprint density at radius 3 is 3.12 bits per heavy atom. The second kappa shape index (κ2) is 6.20. The Kier molecular flexibility index (Phi) is 4.87. The molecule has 5 heteroatoms. The number of thioether (sulfide) groups is 1. The Morgan fingerprint density at radius 1 is 1.53 bits per heavy atom. The molecule has 3 atom stereocenters. The lowest BCUT2D eigenvalue weighted by atomic mass is 10.1. The maximum atomic E-state index is 5.81. The number of rotatable bonds is 5. The van der Waals surface area contributed by atoms with Gasteiger partial charge in [0.25, 0.3) is 0 Å². The third-order valence-electron chi connectivity index (χ3n) is 2.73. The molecule has 3 unspecified atom stereocenters. The molecule has 0 aromatic carbocycles. The van der Waals surface area contributed by atoms with E-state index >= 15 is 0 Å². The van der Waals surface area contributed by atoms with Gasteiger partial charge in [0.15, 0.2) is 13.1 Å². The normalized spacial score (nSPS) is 25.6. The fourth-order valence-electron chi connectivity index (χ4n) is 1.74. The highest BCUT2D eigenvalue weighted by atomic mass is 32.2. The molecule has 1 aromatic rings. The topological polar surface area (TPSA) is 27.7 Å². The third-order valence-corrected chi connectivity index (χ3v) is 5.07. The van der Waals surface area contributed by atoms with Crippen molar-refractivity contribution in [2.45, 2.75) is 42.8 Å². The molecule has 2 heterocycles. The van der Waals surface area contributed by atoms with Crippen LogP contribution in [0.3, 0.4) is 0 Å². The monoisotopic (exact) mass is 274 g/mol. The SMILES string of the molecule is COC(C)OCOC1CC(C)Sc2ccsc21. The minimum absolute atomic E-state index is 0.172. The first kappa shape index (κ1) is 13.4. The summed E-state index contributed by atoms with van der Waals surface area (Å²) >= 11 is 3.70. The van der Waals surface area contributed by atoms with Crippen LogP contribution < -0.4 is 0 Å². The van der Waals surface area contributed by atoms with Crippen molar-refractivity contribution in [2.24, 2.45) is 0 Å². The Morgan fingerprint density at radius 2 is 2.35 bits per heavy atom. The first-order chi connectivity index (χ1) is 8.20. The van der Waals surface area contributed by atoms with Crippen LogP contribution in [-0.2, 0) is 14.2 Å². The molecular weight excluding hydrogens is 256 g/mol. The van der Waals surface area contributed by atoms with Crippen LogP contribution in [0, 0.1) is 0 Å². The number of ether oxygens (including phenoxy) is 3. The fourth-order valence-corrected chi connectivity index (χ4v) is 4.07. The van der Waals surface area contributed by atoms with Gasteiger partial charge in [0, 0.05) is 22.1 Å². The van der Waals surface area contributed by atoms with Gasteiger partial charge >= 0.3 is 0 Å². The van der Waals surface area contributed by atoms with E-state index in [1.807, 2.05) is 18.7 Å². The van der Waals surface area contributed by atoms with E-state index in [1.165, 1.54) is 9.77 Å². The van der Waals surface area contributed by atoms with Gasteiger partial charge in [-0.25, -0.2) is 0 Å². The van der Waals surface area contributed by atoms with Crippen molar-refractivity contribution in [3.63, 3.8) is 0 Å². The lowest BCUT2D eigenvalue weighted by Gasteiger charge is -2.26. The van der Waals surface area contributed by atoms with E-state index in [2.05, 4.69) is 18.4 Å². The van der Waals surface area contributed by atoms with Gasteiger partial charge in [0.05, 0.1) is 6.10 Å². The zero-order valence-electron chi connectivity index (χ0n) is 10.3. The molecule has 0 spiro atoms. The first-order valence-corrected chi connectivity index (χ1v) is 7.46. The van der Waals surface area contributed by atoms with Crippen molar-refractivity contribution in [3.8, 4) is 0 Å². The predicted molar refractivity (Wildman–Crippen MR) is 70.5 cm³/mol. The molecule has 3 nitrogen and oxygen atoms in total. The van der Waals surface area contributed by atoms with E-state index in [9.17, 15) is 0 Å². The van der Waals surface area contributed by atoms with Crippen LogP contribution in [0.4, 0.5) is 0 Å². The van der Waals surface area contributed by atoms with Crippen LogP contribution in [0.5, 0.6) is 0 Å². The van der Waals surface area contributed by atoms with Crippen molar-refractivity contribution in [1.29, 1.82) is 0 Å². The molecule has 0 bridgehead atoms. The van der Waals surface area contributed by atoms with Gasteiger partial charge < -0.3 is 14.2 Å². The molecule has 0 amide bonds. The lowest BCUT2D eigenvalue weighted by Crippen LogP contribution is -2.18. The van der Waals surface area contributed by atoms with Crippen molar-refractivity contribution < 1.29 is 14.2 Å². The van der Waals surface area contributed by atoms with Crippen molar-refractivity contribution >= 4 is 23.1 Å². The van der Waals surface area contributed by atoms with Crippen molar-refractivity contribution in [1.82, 2.24) is 0 Å². The van der Waals surface area contributed by atoms with Crippen LogP contribution in [-0.4, -0.2) is 25.4 Å². The summed E-state index contributed by atoms with van der Waals surface area (Å²) < 4.78 is 16.2. The van der Waals surface area contributed by atoms with Crippen LogP contribution in [0.2, 0.25) is 0 Å². The molecule has 1 aliphatic heterocycles. The highest BCUT2D eigenvalue weighted by Gasteiger charge is 2.27. The summed E-state index contributed by atoms with van der Waals surface area (Å²) in [6, 6.07) is 2.18. The zero-order valence-corrected chi connectivity index (χ0v) is 12.0. The first-order valence-electron chi connectivity index (χ1n) is 5.70. The highest BCUT2D eigenvalue weighted by Crippen LogP contribution is 2.44. The molecule has 0 saturated carbocycles. The molecule has 0 aliphatic carbocycles. The van der Waals surface area contributed by atoms with Gasteiger partial charge in [-0.15, -0.1) is 23.1 Å². The Balaban J connectivity index is 1.89. The number of fused-ring (bicyclic) bond motifs is 1. The standard InChI is InChI=1S/C12H18O3S2/c1-8-6-10(15-7-14-9(2)13-3)12-11(17-8)4-5-16-12/h4-5,8-10H,6-7H2,1-3H3. The second-order valence-corrected chi connectivity index (χ2v) is 6.48. The minimum atomic E-state index is -0.215. The van der Waals surface area contributed by atoms with E-state index in [-0.39, 0.29) is 19.2 Å². The van der Waals surface area contributed by atoms with Crippen LogP contribution >= 0.6 is 23.1 Å². The zero-order chi connectivity index (χ0) is 12.3. The maximum absolute atomic E-state index is 5.81. The summed E-state index contributed by atoms with van der Waals surface area (Å²) in [5.74, 6) is 0. The van der Waals surface area contributed by atoms with Gasteiger partial charge in [-0.3, -0.25) is 0 Å². The van der Waals surface area contributed by atoms with Gasteiger partial charge in [-0.2, -0.15) is 0 Å². The number of methoxy groups -OCH3 is 1. The predicted octanol–water partition coefficient (Wildman–Crippen LogP) is 3.66. The number of hydrogen-bond donors (Lipinski definition) is 0. The number of thiophene rings is 1. The van der Waals surface area contributed by atoms with E-state index in [0.717, 1.165) is 6.42 Å². The molecule has 96 valence electrons. The molecule has 1 aromatic heterocycles. The molecule has 0 fully saturated rings. The maximum Gasteiger partial charge on any atom is 0.157 e. The molecule has 2 rings (SSSR count). The molecule has 0 N–H and O–H groups in total. The Hall–Kier alpha value is -0.0700. The molecule has 1 aliphatic rings. The fraction of sp³-hybridized carbons (Fsp3) is 0.667. The molecular formula is C12H18O3S2. The lowest BCUT2D eigenvalue weighted by molar-refractivity contribution is -0.189. The van der Waals surface area contributed by atoms with E-state index in [1.54, 1.807) is 18.4 Å². The van der Waals surface area contributed by atoms with E-state index in [4.69, 9.17) is 14.2 Å². The van der Waals surface area contributed by atoms with Gasteiger partial charge in [-0.05, 0) is 24.8 Å². The van der Waals surface area contributed by atoms with E-state index in [0.29, 0.717) is 5.25 Å². The smallest absolute Gasteiger partial charge is 0.157 e. The minimum Gasteiger partial charge on any atom is -0.356 e. The van der Waals surface area contributed by atoms with Gasteiger partial charge in [-0.1, -0.05) is 6.92 Å². The summed E-state index contributed by atoms with van der Waals surface area (Å²) in [6.07, 6.45) is 1.00. The molecule has 0 saturated heterocycles. The molecule has 17 heavy (non-hydrogen) atoms. The average molecular weight is 274 g/mol. The molecule has 0 radical (unpaired) electrons. The second-order valence-electron chi connectivity index (χ2n) is 4.06. The van der Waals surface area contributed by atoms with Crippen LogP contribution in [0.15, 0.2) is 16.3 Å². The Labute approximate surface area is 110 Å². The van der Waals surface area contributed by atoms with Crippen molar-refractivity contribution in [3.05, 3.63) is 16.3 Å². The van der Waals surface area contributed by atoms with Crippen LogP contribution in [0.25, 0.3) is 0 Å². The number of hydrogen-bond acceptors (Lipinski definition) is 5. The summed E-state index contributed by atoms with van der Waals surface area (Å²) in [5, 5.41) is 2.73. The summed E-state index contributed by atoms with van der Waals surface area (Å²) in [5.41, 5.74) is 0. The third kappa shape index (κ3) is 3.45. The Bertz CT molecular complexity index is 353. The average Bonchev–Trinajstić information content (AvgIpc) is 2.76. The van der Waals surface area contributed by atoms with Gasteiger partial charge in [0.2, 0.25) is 0 Å². The quantitative estimate of drug-likeness (QED) is 0.766. The highest BCUT2D eigenvalue weighted by molar-refractivity contribution is 8.00. The van der Waals surface area contributed by atoms with Crippen molar-refractivity contribution in [2.75, 3.05) is 13.9 Å². The van der Waals surface area contributed by atoms with Crippen LogP contribution in [0.1, 0.15) is 31.2 Å². The largest absolute Gasteiger partial charge is 0.356 e. The summed E-state index contributed by atoms with van der Waals surface area (Å²) in [4.78, 5) is 2.69. The van der Waals surface area contributed by atoms with Gasteiger partial charge in [0.1, 0.15) is 0 Å². The summed E-state index contributed by atoms with van der Waals surface area (Å²) in [6.45, 7) is 4.38.